The van der Waals surface area contributed by atoms with Crippen LogP contribution in [0.2, 0.25) is 0 Å². The fourth-order valence-electron chi connectivity index (χ4n) is 2.17. The number of anilines is 1. The highest BCUT2D eigenvalue weighted by Gasteiger charge is 2.26. The predicted octanol–water partition coefficient (Wildman–Crippen LogP) is 2.43. The minimum absolute atomic E-state index is 0.0126. The SMILES string of the molecule is CCCNc1ccc(C(=O)NC2CC(C)C2)cn1. The third-order valence-electron chi connectivity index (χ3n) is 3.29. The maximum absolute atomic E-state index is 11.9. The number of pyridine rings is 1. The number of amides is 1. The molecule has 0 aliphatic heterocycles. The molecule has 1 amide bonds. The Bertz CT molecular complexity index is 396. The molecule has 0 saturated heterocycles. The first kappa shape index (κ1) is 12.9. The van der Waals surface area contributed by atoms with E-state index in [1.807, 2.05) is 12.1 Å². The lowest BCUT2D eigenvalue weighted by Gasteiger charge is -2.33. The van der Waals surface area contributed by atoms with Gasteiger partial charge in [0, 0.05) is 18.8 Å². The highest BCUT2D eigenvalue weighted by atomic mass is 16.1. The lowest BCUT2D eigenvalue weighted by molar-refractivity contribution is 0.0896. The van der Waals surface area contributed by atoms with E-state index in [0.29, 0.717) is 11.6 Å². The Balaban J connectivity index is 1.86. The highest BCUT2D eigenvalue weighted by Crippen LogP contribution is 2.26. The summed E-state index contributed by atoms with van der Waals surface area (Å²) in [6, 6.07) is 4.03. The molecule has 0 spiro atoms. The van der Waals surface area contributed by atoms with E-state index in [-0.39, 0.29) is 5.91 Å². The number of hydrogen-bond acceptors (Lipinski definition) is 3. The lowest BCUT2D eigenvalue weighted by Crippen LogP contribution is -2.43. The van der Waals surface area contributed by atoms with Gasteiger partial charge in [-0.1, -0.05) is 13.8 Å². The standard InChI is InChI=1S/C14H21N3O/c1-3-6-15-13-5-4-11(9-16-13)14(18)17-12-7-10(2)8-12/h4-5,9-10,12H,3,6-8H2,1-2H3,(H,15,16)(H,17,18). The number of nitrogens with zero attached hydrogens (tertiary/aromatic N) is 1. The summed E-state index contributed by atoms with van der Waals surface area (Å²) in [5, 5.41) is 6.21. The first-order valence-corrected chi connectivity index (χ1v) is 6.69. The van der Waals surface area contributed by atoms with Gasteiger partial charge in [-0.3, -0.25) is 4.79 Å². The molecule has 1 fully saturated rings. The molecule has 98 valence electrons. The largest absolute Gasteiger partial charge is 0.370 e. The number of aromatic nitrogens is 1. The van der Waals surface area contributed by atoms with Crippen LogP contribution in [-0.4, -0.2) is 23.5 Å². The van der Waals surface area contributed by atoms with Crippen LogP contribution in [0.15, 0.2) is 18.3 Å². The molecule has 0 aromatic carbocycles. The van der Waals surface area contributed by atoms with Gasteiger partial charge in [-0.05, 0) is 37.3 Å². The number of nitrogens with one attached hydrogen (secondary N) is 2. The Labute approximate surface area is 108 Å². The van der Waals surface area contributed by atoms with Crippen molar-refractivity contribution in [1.29, 1.82) is 0 Å². The van der Waals surface area contributed by atoms with Crippen LogP contribution in [0.3, 0.4) is 0 Å². The summed E-state index contributed by atoms with van der Waals surface area (Å²) in [5.74, 6) is 1.56. The smallest absolute Gasteiger partial charge is 0.253 e. The van der Waals surface area contributed by atoms with Gasteiger partial charge in [-0.15, -0.1) is 0 Å². The summed E-state index contributed by atoms with van der Waals surface area (Å²) in [5.41, 5.74) is 0.636. The number of hydrogen-bond donors (Lipinski definition) is 2. The second kappa shape index (κ2) is 5.85. The number of carbonyl (C=O) groups excluding carboxylic acids is 1. The van der Waals surface area contributed by atoms with Crippen LogP contribution in [0.5, 0.6) is 0 Å². The maximum Gasteiger partial charge on any atom is 0.253 e. The van der Waals surface area contributed by atoms with Gasteiger partial charge in [-0.2, -0.15) is 0 Å². The molecular weight excluding hydrogens is 226 g/mol. The van der Waals surface area contributed by atoms with Gasteiger partial charge in [-0.25, -0.2) is 4.98 Å². The number of carbonyl (C=O) groups is 1. The highest BCUT2D eigenvalue weighted by molar-refractivity contribution is 5.94. The molecule has 1 saturated carbocycles. The van der Waals surface area contributed by atoms with Crippen molar-refractivity contribution in [3.63, 3.8) is 0 Å². The summed E-state index contributed by atoms with van der Waals surface area (Å²) in [6.45, 7) is 5.21. The minimum Gasteiger partial charge on any atom is -0.370 e. The first-order valence-electron chi connectivity index (χ1n) is 6.69. The zero-order valence-corrected chi connectivity index (χ0v) is 11.1. The van der Waals surface area contributed by atoms with Crippen molar-refractivity contribution < 1.29 is 4.79 Å². The fourth-order valence-corrected chi connectivity index (χ4v) is 2.17. The lowest BCUT2D eigenvalue weighted by atomic mass is 9.82. The molecule has 1 aliphatic rings. The quantitative estimate of drug-likeness (QED) is 0.840. The summed E-state index contributed by atoms with van der Waals surface area (Å²) in [6.07, 6.45) is 4.88. The van der Waals surface area contributed by atoms with Crippen molar-refractivity contribution in [2.45, 2.75) is 39.2 Å². The Hall–Kier alpha value is -1.58. The van der Waals surface area contributed by atoms with Crippen LogP contribution in [0.25, 0.3) is 0 Å². The van der Waals surface area contributed by atoms with Crippen LogP contribution in [-0.2, 0) is 0 Å². The topological polar surface area (TPSA) is 54.0 Å². The van der Waals surface area contributed by atoms with E-state index in [0.717, 1.165) is 37.5 Å². The van der Waals surface area contributed by atoms with Gasteiger partial charge >= 0.3 is 0 Å². The van der Waals surface area contributed by atoms with Crippen molar-refractivity contribution in [2.75, 3.05) is 11.9 Å². The summed E-state index contributed by atoms with van der Waals surface area (Å²) >= 11 is 0. The normalized spacial score (nSPS) is 22.1. The van der Waals surface area contributed by atoms with E-state index in [4.69, 9.17) is 0 Å². The van der Waals surface area contributed by atoms with Crippen molar-refractivity contribution >= 4 is 11.7 Å². The molecule has 1 aliphatic carbocycles. The van der Waals surface area contributed by atoms with Crippen LogP contribution in [0.1, 0.15) is 43.5 Å². The second-order valence-electron chi connectivity index (χ2n) is 5.11. The third-order valence-corrected chi connectivity index (χ3v) is 3.29. The fraction of sp³-hybridized carbons (Fsp3) is 0.571. The van der Waals surface area contributed by atoms with Crippen molar-refractivity contribution in [1.82, 2.24) is 10.3 Å². The van der Waals surface area contributed by atoms with E-state index in [2.05, 4.69) is 29.5 Å². The van der Waals surface area contributed by atoms with E-state index < -0.39 is 0 Å². The van der Waals surface area contributed by atoms with E-state index in [9.17, 15) is 4.79 Å². The molecule has 18 heavy (non-hydrogen) atoms. The second-order valence-corrected chi connectivity index (χ2v) is 5.11. The first-order chi connectivity index (χ1) is 8.69. The molecule has 0 radical (unpaired) electrons. The van der Waals surface area contributed by atoms with Crippen LogP contribution in [0, 0.1) is 5.92 Å². The molecule has 1 heterocycles. The zero-order valence-electron chi connectivity index (χ0n) is 11.1. The molecule has 0 bridgehead atoms. The molecule has 4 heteroatoms. The summed E-state index contributed by atoms with van der Waals surface area (Å²) in [4.78, 5) is 16.1. The molecule has 1 aromatic rings. The molecule has 2 rings (SSSR count). The molecule has 2 N–H and O–H groups in total. The molecule has 0 unspecified atom stereocenters. The van der Waals surface area contributed by atoms with Gasteiger partial charge < -0.3 is 10.6 Å². The Morgan fingerprint density at radius 2 is 2.22 bits per heavy atom. The predicted molar refractivity (Wildman–Crippen MR) is 72.7 cm³/mol. The maximum atomic E-state index is 11.9. The van der Waals surface area contributed by atoms with Crippen LogP contribution < -0.4 is 10.6 Å². The van der Waals surface area contributed by atoms with Crippen LogP contribution in [0.4, 0.5) is 5.82 Å². The monoisotopic (exact) mass is 247 g/mol. The van der Waals surface area contributed by atoms with Crippen molar-refractivity contribution in [3.8, 4) is 0 Å². The van der Waals surface area contributed by atoms with E-state index in [1.54, 1.807) is 6.20 Å². The van der Waals surface area contributed by atoms with Gasteiger partial charge in [0.15, 0.2) is 0 Å². The van der Waals surface area contributed by atoms with E-state index >= 15 is 0 Å². The average molecular weight is 247 g/mol. The Morgan fingerprint density at radius 3 is 2.78 bits per heavy atom. The number of rotatable bonds is 5. The minimum atomic E-state index is -0.0126. The van der Waals surface area contributed by atoms with Gasteiger partial charge in [0.2, 0.25) is 0 Å². The molecule has 4 nitrogen and oxygen atoms in total. The summed E-state index contributed by atoms with van der Waals surface area (Å²) < 4.78 is 0. The molecular formula is C14H21N3O. The average Bonchev–Trinajstić information content (AvgIpc) is 2.35. The third kappa shape index (κ3) is 3.22. The Morgan fingerprint density at radius 1 is 1.44 bits per heavy atom. The molecule has 0 atom stereocenters. The van der Waals surface area contributed by atoms with Crippen LogP contribution >= 0.6 is 0 Å². The van der Waals surface area contributed by atoms with Crippen molar-refractivity contribution in [3.05, 3.63) is 23.9 Å². The van der Waals surface area contributed by atoms with Gasteiger partial charge in [0.1, 0.15) is 5.82 Å². The van der Waals surface area contributed by atoms with Gasteiger partial charge in [0.05, 0.1) is 5.56 Å². The van der Waals surface area contributed by atoms with E-state index in [1.165, 1.54) is 0 Å². The zero-order chi connectivity index (χ0) is 13.0. The summed E-state index contributed by atoms with van der Waals surface area (Å²) in [7, 11) is 0. The molecule has 1 aromatic heterocycles. The Kier molecular flexibility index (Phi) is 4.18. The van der Waals surface area contributed by atoms with Gasteiger partial charge in [0.25, 0.3) is 5.91 Å². The van der Waals surface area contributed by atoms with Crippen molar-refractivity contribution in [2.24, 2.45) is 5.92 Å².